The van der Waals surface area contributed by atoms with E-state index in [4.69, 9.17) is 9.47 Å². The van der Waals surface area contributed by atoms with E-state index in [9.17, 15) is 5.11 Å². The van der Waals surface area contributed by atoms with Crippen LogP contribution in [0.25, 0.3) is 0 Å². The summed E-state index contributed by atoms with van der Waals surface area (Å²) in [6.45, 7) is 3.54. The van der Waals surface area contributed by atoms with Gasteiger partial charge in [-0.05, 0) is 18.8 Å². The minimum absolute atomic E-state index is 0.0104. The standard InChI is InChI=1S/C10H16O3/c1-3-13-10-7-4-6(5-8(7)11)9(10)12-2/h3,6-11H,1,4-5H2,2H3. The highest BCUT2D eigenvalue weighted by atomic mass is 16.5. The van der Waals surface area contributed by atoms with Crippen LogP contribution in [0.1, 0.15) is 12.8 Å². The molecule has 5 unspecified atom stereocenters. The Morgan fingerprint density at radius 1 is 1.38 bits per heavy atom. The summed E-state index contributed by atoms with van der Waals surface area (Å²) < 4.78 is 10.8. The van der Waals surface area contributed by atoms with Crippen molar-refractivity contribution < 1.29 is 14.6 Å². The predicted octanol–water partition coefficient (Wildman–Crippen LogP) is 0.931. The fourth-order valence-electron chi connectivity index (χ4n) is 2.84. The fourth-order valence-corrected chi connectivity index (χ4v) is 2.84. The Hall–Kier alpha value is -0.540. The van der Waals surface area contributed by atoms with Gasteiger partial charge < -0.3 is 14.6 Å². The number of methoxy groups -OCH3 is 1. The molecule has 2 bridgehead atoms. The van der Waals surface area contributed by atoms with Crippen LogP contribution in [0.15, 0.2) is 12.8 Å². The van der Waals surface area contributed by atoms with Gasteiger partial charge in [-0.25, -0.2) is 0 Å². The second-order valence-corrected chi connectivity index (χ2v) is 3.93. The summed E-state index contributed by atoms with van der Waals surface area (Å²) in [5.74, 6) is 0.711. The lowest BCUT2D eigenvalue weighted by molar-refractivity contribution is -0.0817. The zero-order valence-electron chi connectivity index (χ0n) is 7.85. The van der Waals surface area contributed by atoms with Gasteiger partial charge in [-0.2, -0.15) is 0 Å². The van der Waals surface area contributed by atoms with E-state index in [1.807, 2.05) is 0 Å². The van der Waals surface area contributed by atoms with E-state index in [2.05, 4.69) is 6.58 Å². The lowest BCUT2D eigenvalue weighted by Gasteiger charge is -2.31. The zero-order chi connectivity index (χ0) is 9.42. The quantitative estimate of drug-likeness (QED) is 0.663. The van der Waals surface area contributed by atoms with Crippen LogP contribution in [0.2, 0.25) is 0 Å². The Morgan fingerprint density at radius 2 is 2.15 bits per heavy atom. The van der Waals surface area contributed by atoms with Crippen molar-refractivity contribution in [2.24, 2.45) is 11.8 Å². The highest BCUT2D eigenvalue weighted by Crippen LogP contribution is 2.47. The van der Waals surface area contributed by atoms with Crippen LogP contribution >= 0.6 is 0 Å². The molecule has 13 heavy (non-hydrogen) atoms. The van der Waals surface area contributed by atoms with E-state index < -0.39 is 0 Å². The smallest absolute Gasteiger partial charge is 0.129 e. The summed E-state index contributed by atoms with van der Waals surface area (Å²) in [5.41, 5.74) is 0. The largest absolute Gasteiger partial charge is 0.496 e. The maximum absolute atomic E-state index is 9.66. The van der Waals surface area contributed by atoms with E-state index in [1.165, 1.54) is 6.26 Å². The normalized spacial score (nSPS) is 48.0. The molecule has 2 fully saturated rings. The number of hydrogen-bond donors (Lipinski definition) is 1. The lowest BCUT2D eigenvalue weighted by Crippen LogP contribution is -2.41. The van der Waals surface area contributed by atoms with Crippen molar-refractivity contribution in [3.63, 3.8) is 0 Å². The van der Waals surface area contributed by atoms with E-state index >= 15 is 0 Å². The first-order valence-electron chi connectivity index (χ1n) is 4.75. The molecule has 0 aromatic carbocycles. The molecule has 3 nitrogen and oxygen atoms in total. The highest BCUT2D eigenvalue weighted by Gasteiger charge is 2.53. The molecule has 0 aromatic rings. The minimum Gasteiger partial charge on any atom is -0.496 e. The van der Waals surface area contributed by atoms with Gasteiger partial charge in [0.1, 0.15) is 6.10 Å². The van der Waals surface area contributed by atoms with Gasteiger partial charge in [0.2, 0.25) is 0 Å². The van der Waals surface area contributed by atoms with Gasteiger partial charge >= 0.3 is 0 Å². The molecular weight excluding hydrogens is 168 g/mol. The van der Waals surface area contributed by atoms with Crippen LogP contribution in [0.3, 0.4) is 0 Å². The highest BCUT2D eigenvalue weighted by molar-refractivity contribution is 5.03. The minimum atomic E-state index is -0.207. The Balaban J connectivity index is 2.10. The third kappa shape index (κ3) is 1.27. The second kappa shape index (κ2) is 3.31. The first kappa shape index (κ1) is 9.03. The van der Waals surface area contributed by atoms with Gasteiger partial charge in [-0.3, -0.25) is 0 Å². The number of fused-ring (bicyclic) bond motifs is 2. The molecule has 2 aliphatic rings. The fraction of sp³-hybridized carbons (Fsp3) is 0.800. The summed E-state index contributed by atoms with van der Waals surface area (Å²) in [4.78, 5) is 0. The van der Waals surface area contributed by atoms with Gasteiger partial charge in [-0.1, -0.05) is 6.58 Å². The van der Waals surface area contributed by atoms with Crippen LogP contribution < -0.4 is 0 Å². The Morgan fingerprint density at radius 3 is 2.77 bits per heavy atom. The molecule has 0 saturated heterocycles. The average molecular weight is 184 g/mol. The van der Waals surface area contributed by atoms with Crippen LogP contribution in [0, 0.1) is 11.8 Å². The molecular formula is C10H16O3. The van der Waals surface area contributed by atoms with Crippen LogP contribution in [-0.4, -0.2) is 30.5 Å². The van der Waals surface area contributed by atoms with Crippen molar-refractivity contribution in [3.05, 3.63) is 12.8 Å². The van der Waals surface area contributed by atoms with Crippen molar-refractivity contribution >= 4 is 0 Å². The molecule has 0 amide bonds. The topological polar surface area (TPSA) is 38.7 Å². The molecule has 1 N–H and O–H groups in total. The van der Waals surface area contributed by atoms with E-state index in [0.29, 0.717) is 5.92 Å². The molecule has 0 heterocycles. The van der Waals surface area contributed by atoms with Gasteiger partial charge in [-0.15, -0.1) is 0 Å². The number of aliphatic hydroxyl groups excluding tert-OH is 1. The Kier molecular flexibility index (Phi) is 2.30. The Bertz CT molecular complexity index is 202. The molecule has 2 rings (SSSR count). The van der Waals surface area contributed by atoms with Crippen molar-refractivity contribution in [3.8, 4) is 0 Å². The van der Waals surface area contributed by atoms with Crippen LogP contribution in [-0.2, 0) is 9.47 Å². The second-order valence-electron chi connectivity index (χ2n) is 3.93. The molecule has 0 aromatic heterocycles. The molecule has 5 atom stereocenters. The maximum atomic E-state index is 9.66. The number of aliphatic hydroxyl groups is 1. The molecule has 2 saturated carbocycles. The first-order valence-corrected chi connectivity index (χ1v) is 4.75. The van der Waals surface area contributed by atoms with Crippen molar-refractivity contribution in [2.45, 2.75) is 31.2 Å². The van der Waals surface area contributed by atoms with Gasteiger partial charge in [0.15, 0.2) is 0 Å². The maximum Gasteiger partial charge on any atom is 0.129 e. The van der Waals surface area contributed by atoms with Crippen molar-refractivity contribution in [1.82, 2.24) is 0 Å². The number of ether oxygens (including phenoxy) is 2. The van der Waals surface area contributed by atoms with Gasteiger partial charge in [0, 0.05) is 13.0 Å². The molecule has 0 radical (unpaired) electrons. The van der Waals surface area contributed by atoms with E-state index in [-0.39, 0.29) is 24.2 Å². The van der Waals surface area contributed by atoms with Crippen molar-refractivity contribution in [1.29, 1.82) is 0 Å². The summed E-state index contributed by atoms with van der Waals surface area (Å²) in [6.07, 6.45) is 3.28. The van der Waals surface area contributed by atoms with Gasteiger partial charge in [0.25, 0.3) is 0 Å². The molecule has 0 aliphatic heterocycles. The lowest BCUT2D eigenvalue weighted by atomic mass is 9.92. The van der Waals surface area contributed by atoms with Gasteiger partial charge in [0.05, 0.1) is 18.5 Å². The van der Waals surface area contributed by atoms with Crippen LogP contribution in [0.4, 0.5) is 0 Å². The predicted molar refractivity (Wildman–Crippen MR) is 48.1 cm³/mol. The average Bonchev–Trinajstić information content (AvgIpc) is 2.61. The number of rotatable bonds is 3. The molecule has 0 spiro atoms. The third-order valence-corrected chi connectivity index (χ3v) is 3.35. The first-order chi connectivity index (χ1) is 6.27. The SMILES string of the molecule is C=COC1C2CC(CC2O)C1OC. The Labute approximate surface area is 78.3 Å². The monoisotopic (exact) mass is 184 g/mol. The summed E-state index contributed by atoms with van der Waals surface area (Å²) in [6, 6.07) is 0. The van der Waals surface area contributed by atoms with E-state index in [0.717, 1.165) is 12.8 Å². The summed E-state index contributed by atoms with van der Waals surface area (Å²) in [5, 5.41) is 9.66. The van der Waals surface area contributed by atoms with Crippen LogP contribution in [0.5, 0.6) is 0 Å². The summed E-state index contributed by atoms with van der Waals surface area (Å²) >= 11 is 0. The van der Waals surface area contributed by atoms with E-state index in [1.54, 1.807) is 7.11 Å². The molecule has 2 aliphatic carbocycles. The molecule has 74 valence electrons. The summed E-state index contributed by atoms with van der Waals surface area (Å²) in [7, 11) is 1.71. The molecule has 3 heteroatoms. The third-order valence-electron chi connectivity index (χ3n) is 3.35. The van der Waals surface area contributed by atoms with Crippen molar-refractivity contribution in [2.75, 3.05) is 7.11 Å². The zero-order valence-corrected chi connectivity index (χ0v) is 7.85. The number of hydrogen-bond acceptors (Lipinski definition) is 3.